The molecule has 0 aromatic rings. The first-order chi connectivity index (χ1) is 3.95. The van der Waals surface area contributed by atoms with Gasteiger partial charge in [0.15, 0.2) is 0 Å². The Morgan fingerprint density at radius 3 is 2.11 bits per heavy atom. The minimum absolute atomic E-state index is 0.0568. The van der Waals surface area contributed by atoms with Crippen LogP contribution in [-0.4, -0.2) is 23.4 Å². The fourth-order valence-corrected chi connectivity index (χ4v) is 0.559. The van der Waals surface area contributed by atoms with Gasteiger partial charge >= 0.3 is 0 Å². The molecule has 0 saturated carbocycles. The summed E-state index contributed by atoms with van der Waals surface area (Å²) in [6.45, 7) is 6.20. The van der Waals surface area contributed by atoms with Crippen LogP contribution in [0.4, 0.5) is 0 Å². The third-order valence-corrected chi connectivity index (χ3v) is 0.823. The summed E-state index contributed by atoms with van der Waals surface area (Å²) < 4.78 is 0. The summed E-state index contributed by atoms with van der Waals surface area (Å²) in [5.41, 5.74) is 5.11. The van der Waals surface area contributed by atoms with E-state index in [-0.39, 0.29) is 12.1 Å². The van der Waals surface area contributed by atoms with Crippen LogP contribution in [0.15, 0.2) is 0 Å². The van der Waals surface area contributed by atoms with Crippen molar-refractivity contribution in [2.24, 2.45) is 5.73 Å². The van der Waals surface area contributed by atoms with Gasteiger partial charge in [-0.05, 0) is 20.8 Å². The van der Waals surface area contributed by atoms with E-state index in [1.54, 1.807) is 0 Å². The molecule has 0 aliphatic heterocycles. The summed E-state index contributed by atoms with van der Waals surface area (Å²) in [4.78, 5) is 0. The van der Waals surface area contributed by atoms with Crippen molar-refractivity contribution < 1.29 is 5.11 Å². The molecule has 0 aromatic heterocycles. The summed E-state index contributed by atoms with van der Waals surface area (Å²) in [7, 11) is 0. The zero-order valence-corrected chi connectivity index (χ0v) is 6.31. The van der Waals surface area contributed by atoms with Crippen molar-refractivity contribution in [3.05, 3.63) is 0 Å². The summed E-state index contributed by atoms with van der Waals surface area (Å²) in [6, 6.07) is 0. The fraction of sp³-hybridized carbons (Fsp3) is 1.00. The monoisotopic (exact) mass is 132 g/mol. The molecule has 0 aliphatic carbocycles. The average Bonchev–Trinajstić information content (AvgIpc) is 1.62. The summed E-state index contributed by atoms with van der Waals surface area (Å²) in [6.07, 6.45) is -0.579. The number of hydrogen-bond donors (Lipinski definition) is 3. The Morgan fingerprint density at radius 2 is 2.00 bits per heavy atom. The molecule has 0 heterocycles. The van der Waals surface area contributed by atoms with Crippen LogP contribution in [0.1, 0.15) is 20.8 Å². The first-order valence-electron chi connectivity index (χ1n) is 3.11. The normalized spacial score (nSPS) is 15.7. The van der Waals surface area contributed by atoms with E-state index in [0.717, 1.165) is 0 Å². The van der Waals surface area contributed by atoms with Crippen LogP contribution >= 0.6 is 0 Å². The van der Waals surface area contributed by atoms with Gasteiger partial charge in [0.2, 0.25) is 0 Å². The molecule has 0 spiro atoms. The van der Waals surface area contributed by atoms with Gasteiger partial charge in [-0.3, -0.25) is 5.32 Å². The zero-order valence-electron chi connectivity index (χ0n) is 6.31. The van der Waals surface area contributed by atoms with Crippen molar-refractivity contribution in [1.82, 2.24) is 5.32 Å². The van der Waals surface area contributed by atoms with Crippen LogP contribution in [-0.2, 0) is 0 Å². The second kappa shape index (κ2) is 3.15. The van der Waals surface area contributed by atoms with Crippen molar-refractivity contribution in [3.63, 3.8) is 0 Å². The van der Waals surface area contributed by atoms with Crippen molar-refractivity contribution in [2.45, 2.75) is 32.5 Å². The topological polar surface area (TPSA) is 58.3 Å². The second-order valence-electron chi connectivity index (χ2n) is 3.15. The van der Waals surface area contributed by atoms with Gasteiger partial charge in [0, 0.05) is 12.1 Å². The Kier molecular flexibility index (Phi) is 3.11. The Balaban J connectivity index is 3.47. The number of nitrogens with two attached hydrogens (primary N) is 1. The third-order valence-electron chi connectivity index (χ3n) is 0.823. The summed E-state index contributed by atoms with van der Waals surface area (Å²) in [5, 5.41) is 11.9. The predicted octanol–water partition coefficient (Wildman–Crippen LogP) is -0.348. The second-order valence-corrected chi connectivity index (χ2v) is 3.15. The van der Waals surface area contributed by atoms with Gasteiger partial charge in [0.1, 0.15) is 6.23 Å². The third kappa shape index (κ3) is 5.76. The summed E-state index contributed by atoms with van der Waals surface area (Å²) >= 11 is 0. The van der Waals surface area contributed by atoms with Crippen LogP contribution in [0.25, 0.3) is 0 Å². The van der Waals surface area contributed by atoms with Gasteiger partial charge in [-0.2, -0.15) is 0 Å². The quantitative estimate of drug-likeness (QED) is 0.450. The first-order valence-corrected chi connectivity index (χ1v) is 3.11. The maximum Gasteiger partial charge on any atom is 0.117 e. The van der Waals surface area contributed by atoms with Crippen molar-refractivity contribution in [3.8, 4) is 0 Å². The van der Waals surface area contributed by atoms with E-state index in [1.165, 1.54) is 0 Å². The van der Waals surface area contributed by atoms with E-state index < -0.39 is 6.23 Å². The van der Waals surface area contributed by atoms with Gasteiger partial charge in [-0.15, -0.1) is 0 Å². The highest BCUT2D eigenvalue weighted by molar-refractivity contribution is 4.71. The number of aliphatic hydroxyl groups is 1. The lowest BCUT2D eigenvalue weighted by molar-refractivity contribution is 0.114. The molecule has 56 valence electrons. The molecule has 3 nitrogen and oxygen atoms in total. The highest BCUT2D eigenvalue weighted by Crippen LogP contribution is 1.98. The maximum absolute atomic E-state index is 8.96. The SMILES string of the molecule is CC(C)(C)NC(O)CN. The van der Waals surface area contributed by atoms with Crippen molar-refractivity contribution in [2.75, 3.05) is 6.54 Å². The molecule has 4 N–H and O–H groups in total. The molecule has 3 heteroatoms. The van der Waals surface area contributed by atoms with Gasteiger partial charge in [0.05, 0.1) is 0 Å². The zero-order chi connectivity index (χ0) is 7.49. The lowest BCUT2D eigenvalue weighted by Gasteiger charge is -2.23. The molecular weight excluding hydrogens is 116 g/mol. The smallest absolute Gasteiger partial charge is 0.117 e. The average molecular weight is 132 g/mol. The summed E-state index contributed by atoms with van der Waals surface area (Å²) in [5.74, 6) is 0. The van der Waals surface area contributed by atoms with E-state index in [1.807, 2.05) is 20.8 Å². The van der Waals surface area contributed by atoms with E-state index in [2.05, 4.69) is 5.32 Å². The van der Waals surface area contributed by atoms with Gasteiger partial charge in [-0.25, -0.2) is 0 Å². The van der Waals surface area contributed by atoms with Gasteiger partial charge in [-0.1, -0.05) is 0 Å². The molecule has 0 aliphatic rings. The van der Waals surface area contributed by atoms with Crippen LogP contribution in [0.2, 0.25) is 0 Å². The number of aliphatic hydroxyl groups excluding tert-OH is 1. The molecular formula is C6H16N2O. The predicted molar refractivity (Wildman–Crippen MR) is 37.9 cm³/mol. The van der Waals surface area contributed by atoms with Crippen molar-refractivity contribution in [1.29, 1.82) is 0 Å². The standard InChI is InChI=1S/C6H16N2O/c1-6(2,3)8-5(9)4-7/h5,8-9H,4,7H2,1-3H3. The molecule has 0 saturated heterocycles. The highest BCUT2D eigenvalue weighted by atomic mass is 16.3. The largest absolute Gasteiger partial charge is 0.377 e. The molecule has 1 atom stereocenters. The number of rotatable bonds is 2. The number of nitrogens with one attached hydrogen (secondary N) is 1. The minimum Gasteiger partial charge on any atom is -0.377 e. The maximum atomic E-state index is 8.96. The van der Waals surface area contributed by atoms with Crippen molar-refractivity contribution >= 4 is 0 Å². The van der Waals surface area contributed by atoms with Crippen LogP contribution in [0.5, 0.6) is 0 Å². The van der Waals surface area contributed by atoms with Crippen LogP contribution < -0.4 is 11.1 Å². The van der Waals surface area contributed by atoms with Gasteiger partial charge in [0.25, 0.3) is 0 Å². The molecule has 0 radical (unpaired) electrons. The molecule has 0 aromatic carbocycles. The Bertz CT molecular complexity index is 77.6. The Labute approximate surface area is 56.2 Å². The van der Waals surface area contributed by atoms with E-state index in [9.17, 15) is 0 Å². The minimum atomic E-state index is -0.579. The van der Waals surface area contributed by atoms with E-state index in [0.29, 0.717) is 0 Å². The molecule has 0 rings (SSSR count). The molecule has 0 bridgehead atoms. The fourth-order valence-electron chi connectivity index (χ4n) is 0.559. The molecule has 0 amide bonds. The highest BCUT2D eigenvalue weighted by Gasteiger charge is 2.12. The molecule has 0 fully saturated rings. The lowest BCUT2D eigenvalue weighted by atomic mass is 10.1. The lowest BCUT2D eigenvalue weighted by Crippen LogP contribution is -2.47. The number of hydrogen-bond acceptors (Lipinski definition) is 3. The van der Waals surface area contributed by atoms with E-state index >= 15 is 0 Å². The molecule has 9 heavy (non-hydrogen) atoms. The van der Waals surface area contributed by atoms with Crippen LogP contribution in [0.3, 0.4) is 0 Å². The van der Waals surface area contributed by atoms with Crippen LogP contribution in [0, 0.1) is 0 Å². The molecule has 1 unspecified atom stereocenters. The first kappa shape index (κ1) is 8.88. The Morgan fingerprint density at radius 1 is 1.56 bits per heavy atom. The van der Waals surface area contributed by atoms with E-state index in [4.69, 9.17) is 10.8 Å². The van der Waals surface area contributed by atoms with Gasteiger partial charge < -0.3 is 10.8 Å². The Hall–Kier alpha value is -0.120.